The summed E-state index contributed by atoms with van der Waals surface area (Å²) in [6.45, 7) is 2.23. The van der Waals surface area contributed by atoms with Crippen molar-refractivity contribution >= 4 is 33.2 Å². The number of carboxylic acid groups (broad SMARTS) is 1. The highest BCUT2D eigenvalue weighted by Gasteiger charge is 2.33. The van der Waals surface area contributed by atoms with Gasteiger partial charge in [0.1, 0.15) is 0 Å². The van der Waals surface area contributed by atoms with Gasteiger partial charge in [-0.2, -0.15) is 0 Å². The van der Waals surface area contributed by atoms with Gasteiger partial charge in [-0.1, -0.05) is 6.92 Å². The van der Waals surface area contributed by atoms with Gasteiger partial charge in [-0.25, -0.2) is 0 Å². The van der Waals surface area contributed by atoms with Crippen molar-refractivity contribution in [3.8, 4) is 0 Å². The Labute approximate surface area is 114 Å². The van der Waals surface area contributed by atoms with Crippen molar-refractivity contribution in [1.29, 1.82) is 0 Å². The molecule has 4 heteroatoms. The minimum Gasteiger partial charge on any atom is -0.481 e. The van der Waals surface area contributed by atoms with Gasteiger partial charge in [0, 0.05) is 9.35 Å². The Kier molecular flexibility index (Phi) is 4.26. The van der Waals surface area contributed by atoms with Crippen LogP contribution in [-0.4, -0.2) is 11.1 Å². The lowest BCUT2D eigenvalue weighted by Crippen LogP contribution is -2.31. The van der Waals surface area contributed by atoms with Crippen molar-refractivity contribution in [3.63, 3.8) is 0 Å². The van der Waals surface area contributed by atoms with Crippen LogP contribution < -0.4 is 0 Å². The zero-order chi connectivity index (χ0) is 12.4. The van der Waals surface area contributed by atoms with Crippen LogP contribution in [0.1, 0.15) is 31.1 Å². The Balaban J connectivity index is 2.10. The Bertz CT molecular complexity index is 402. The topological polar surface area (TPSA) is 37.3 Å². The first-order chi connectivity index (χ1) is 8.08. The summed E-state index contributed by atoms with van der Waals surface area (Å²) in [5.41, 5.74) is 0. The predicted octanol–water partition coefficient (Wildman–Crippen LogP) is 4.19. The summed E-state index contributed by atoms with van der Waals surface area (Å²) in [5, 5.41) is 11.3. The minimum absolute atomic E-state index is 0.153. The van der Waals surface area contributed by atoms with Gasteiger partial charge in [0.15, 0.2) is 0 Å². The van der Waals surface area contributed by atoms with Gasteiger partial charge in [-0.05, 0) is 64.9 Å². The molecule has 0 aromatic carbocycles. The van der Waals surface area contributed by atoms with Crippen LogP contribution in [0, 0.1) is 17.8 Å². The summed E-state index contributed by atoms with van der Waals surface area (Å²) >= 11 is 5.25. The molecule has 1 N–H and O–H groups in total. The van der Waals surface area contributed by atoms with E-state index >= 15 is 0 Å². The van der Waals surface area contributed by atoms with Crippen LogP contribution in [0.5, 0.6) is 0 Å². The molecular formula is C13H17BrO2S. The second-order valence-corrected chi connectivity index (χ2v) is 6.87. The van der Waals surface area contributed by atoms with Gasteiger partial charge < -0.3 is 5.11 Å². The average molecular weight is 317 g/mol. The third-order valence-corrected chi connectivity index (χ3v) is 5.65. The molecule has 17 heavy (non-hydrogen) atoms. The molecule has 0 saturated heterocycles. The van der Waals surface area contributed by atoms with Crippen molar-refractivity contribution in [2.45, 2.75) is 32.6 Å². The van der Waals surface area contributed by atoms with E-state index < -0.39 is 5.97 Å². The molecule has 0 bridgehead atoms. The van der Waals surface area contributed by atoms with Crippen LogP contribution in [0.3, 0.4) is 0 Å². The van der Waals surface area contributed by atoms with Crippen LogP contribution in [0.4, 0.5) is 0 Å². The lowest BCUT2D eigenvalue weighted by Gasteiger charge is -2.32. The fourth-order valence-corrected chi connectivity index (χ4v) is 4.37. The molecule has 1 fully saturated rings. The van der Waals surface area contributed by atoms with Gasteiger partial charge in [0.05, 0.1) is 5.92 Å². The zero-order valence-electron chi connectivity index (χ0n) is 9.86. The van der Waals surface area contributed by atoms with Gasteiger partial charge in [-0.15, -0.1) is 11.3 Å². The molecule has 1 aromatic heterocycles. The minimum atomic E-state index is -0.616. The molecule has 2 rings (SSSR count). The van der Waals surface area contributed by atoms with E-state index in [4.69, 9.17) is 0 Å². The highest BCUT2D eigenvalue weighted by molar-refractivity contribution is 9.10. The number of carboxylic acids is 1. The van der Waals surface area contributed by atoms with Crippen LogP contribution in [0.25, 0.3) is 0 Å². The molecule has 3 atom stereocenters. The number of hydrogen-bond donors (Lipinski definition) is 1. The van der Waals surface area contributed by atoms with Crippen molar-refractivity contribution < 1.29 is 9.90 Å². The lowest BCUT2D eigenvalue weighted by atomic mass is 9.73. The van der Waals surface area contributed by atoms with Crippen LogP contribution >= 0.6 is 27.3 Å². The quantitative estimate of drug-likeness (QED) is 0.907. The summed E-state index contributed by atoms with van der Waals surface area (Å²) in [6.07, 6.45) is 3.84. The Morgan fingerprint density at radius 2 is 2.35 bits per heavy atom. The van der Waals surface area contributed by atoms with Crippen LogP contribution in [-0.2, 0) is 11.2 Å². The van der Waals surface area contributed by atoms with E-state index in [0.29, 0.717) is 11.8 Å². The van der Waals surface area contributed by atoms with E-state index in [0.717, 1.165) is 30.2 Å². The van der Waals surface area contributed by atoms with E-state index in [9.17, 15) is 9.90 Å². The molecule has 2 nitrogen and oxygen atoms in total. The number of thiophene rings is 1. The predicted molar refractivity (Wildman–Crippen MR) is 73.4 cm³/mol. The highest BCUT2D eigenvalue weighted by atomic mass is 79.9. The third kappa shape index (κ3) is 3.10. The molecular weight excluding hydrogens is 300 g/mol. The average Bonchev–Trinajstić information content (AvgIpc) is 2.64. The van der Waals surface area contributed by atoms with Crippen molar-refractivity contribution in [3.05, 3.63) is 20.8 Å². The zero-order valence-corrected chi connectivity index (χ0v) is 12.3. The summed E-state index contributed by atoms with van der Waals surface area (Å²) in [6, 6.07) is 2.04. The molecule has 0 spiro atoms. The third-order valence-electron chi connectivity index (χ3n) is 3.70. The van der Waals surface area contributed by atoms with Gasteiger partial charge in [0.2, 0.25) is 0 Å². The van der Waals surface area contributed by atoms with Crippen molar-refractivity contribution in [1.82, 2.24) is 0 Å². The van der Waals surface area contributed by atoms with E-state index in [1.54, 1.807) is 11.3 Å². The summed E-state index contributed by atoms with van der Waals surface area (Å²) < 4.78 is 1.13. The number of halogens is 1. The fraction of sp³-hybridized carbons (Fsp3) is 0.615. The summed E-state index contributed by atoms with van der Waals surface area (Å²) in [5.74, 6) is 0.190. The number of hydrogen-bond acceptors (Lipinski definition) is 2. The molecule has 1 aliphatic carbocycles. The van der Waals surface area contributed by atoms with Gasteiger partial charge in [0.25, 0.3) is 0 Å². The smallest absolute Gasteiger partial charge is 0.306 e. The first-order valence-corrected chi connectivity index (χ1v) is 7.70. The maximum atomic E-state index is 11.3. The first kappa shape index (κ1) is 13.1. The number of rotatable bonds is 3. The van der Waals surface area contributed by atoms with E-state index in [-0.39, 0.29) is 5.92 Å². The number of carbonyl (C=O) groups is 1. The van der Waals surface area contributed by atoms with Gasteiger partial charge >= 0.3 is 5.97 Å². The van der Waals surface area contributed by atoms with Gasteiger partial charge in [-0.3, -0.25) is 4.79 Å². The molecule has 1 heterocycles. The molecule has 0 amide bonds. The maximum absolute atomic E-state index is 11.3. The Hall–Kier alpha value is -0.350. The standard InChI is InChI=1S/C13H17BrO2S/c1-8-2-3-10(13(15)16)9(6-8)7-12-11(14)4-5-17-12/h4-5,8-10H,2-3,6-7H2,1H3,(H,15,16). The SMILES string of the molecule is CC1CCC(C(=O)O)C(Cc2sccc2Br)C1. The van der Waals surface area contributed by atoms with Crippen molar-refractivity contribution in [2.75, 3.05) is 0 Å². The fourth-order valence-electron chi connectivity index (χ4n) is 2.76. The summed E-state index contributed by atoms with van der Waals surface area (Å²) in [7, 11) is 0. The molecule has 0 radical (unpaired) electrons. The number of aliphatic carboxylic acids is 1. The Morgan fingerprint density at radius 1 is 1.59 bits per heavy atom. The molecule has 0 aliphatic heterocycles. The van der Waals surface area contributed by atoms with E-state index in [1.165, 1.54) is 4.88 Å². The Morgan fingerprint density at radius 3 is 2.94 bits per heavy atom. The van der Waals surface area contributed by atoms with Crippen molar-refractivity contribution in [2.24, 2.45) is 17.8 Å². The molecule has 1 aliphatic rings. The molecule has 1 saturated carbocycles. The molecule has 94 valence electrons. The van der Waals surface area contributed by atoms with Crippen LogP contribution in [0.15, 0.2) is 15.9 Å². The largest absolute Gasteiger partial charge is 0.481 e. The first-order valence-electron chi connectivity index (χ1n) is 6.02. The second-order valence-electron chi connectivity index (χ2n) is 5.02. The lowest BCUT2D eigenvalue weighted by molar-refractivity contribution is -0.145. The monoisotopic (exact) mass is 316 g/mol. The van der Waals surface area contributed by atoms with Crippen LogP contribution in [0.2, 0.25) is 0 Å². The van der Waals surface area contributed by atoms with E-state index in [1.807, 2.05) is 6.07 Å². The maximum Gasteiger partial charge on any atom is 0.306 e. The molecule has 1 aromatic rings. The normalized spacial score (nSPS) is 29.2. The highest BCUT2D eigenvalue weighted by Crippen LogP contribution is 2.38. The second kappa shape index (κ2) is 5.53. The van der Waals surface area contributed by atoms with E-state index in [2.05, 4.69) is 28.2 Å². The summed E-state index contributed by atoms with van der Waals surface area (Å²) in [4.78, 5) is 12.6. The molecule has 3 unspecified atom stereocenters.